The zero-order valence-electron chi connectivity index (χ0n) is 8.60. The summed E-state index contributed by atoms with van der Waals surface area (Å²) < 4.78 is 17.8. The van der Waals surface area contributed by atoms with Gasteiger partial charge in [0.05, 0.1) is 4.90 Å². The Hall–Kier alpha value is -1.07. The fraction of sp³-hybridized carbons (Fsp3) is 0.333. The number of hydrogen-bond acceptors (Lipinski definition) is 3. The number of rotatable bonds is 2. The van der Waals surface area contributed by atoms with Gasteiger partial charge in [-0.3, -0.25) is 0 Å². The van der Waals surface area contributed by atoms with E-state index in [-0.39, 0.29) is 0 Å². The Labute approximate surface area is 85.0 Å². The Morgan fingerprint density at radius 1 is 1.43 bits per heavy atom. The highest BCUT2D eigenvalue weighted by Gasteiger charge is 2.13. The average molecular weight is 213 g/mol. The third-order valence-corrected chi connectivity index (χ3v) is 4.26. The number of hydrogen-bond donors (Lipinski definition) is 1. The highest BCUT2D eigenvalue weighted by atomic mass is 32.2. The largest absolute Gasteiger partial charge is 0.399 e. The van der Waals surface area contributed by atoms with E-state index in [1.54, 1.807) is 49.7 Å². The van der Waals surface area contributed by atoms with Crippen LogP contribution in [0, 0.1) is 0 Å². The van der Waals surface area contributed by atoms with Crippen molar-refractivity contribution in [1.82, 2.24) is 4.31 Å². The summed E-state index contributed by atoms with van der Waals surface area (Å²) in [5.41, 5.74) is 6.22. The molecule has 78 valence electrons. The van der Waals surface area contributed by atoms with Crippen molar-refractivity contribution in [3.8, 4) is 0 Å². The third kappa shape index (κ3) is 1.88. The maximum absolute atomic E-state index is 12.3. The Morgan fingerprint density at radius 3 is 2.50 bits per heavy atom. The molecule has 0 fully saturated rings. The number of benzene rings is 1. The standard InChI is InChI=1S/C9H15N3OS/c1-11-14(13,12(2)3)9-6-4-5-8(10)7-9/h4-7H,10H2,1-3H3. The molecular formula is C9H15N3OS. The summed E-state index contributed by atoms with van der Waals surface area (Å²) >= 11 is 0. The molecule has 0 amide bonds. The quantitative estimate of drug-likeness (QED) is 0.750. The molecule has 0 saturated heterocycles. The third-order valence-electron chi connectivity index (χ3n) is 1.91. The van der Waals surface area contributed by atoms with Gasteiger partial charge >= 0.3 is 0 Å². The van der Waals surface area contributed by atoms with Crippen LogP contribution in [0.5, 0.6) is 0 Å². The average Bonchev–Trinajstić information content (AvgIpc) is 2.16. The van der Waals surface area contributed by atoms with Gasteiger partial charge in [0.2, 0.25) is 0 Å². The lowest BCUT2D eigenvalue weighted by Crippen LogP contribution is -2.22. The molecule has 1 rings (SSSR count). The molecular weight excluding hydrogens is 198 g/mol. The summed E-state index contributed by atoms with van der Waals surface area (Å²) in [6.07, 6.45) is 0. The molecule has 1 atom stereocenters. The van der Waals surface area contributed by atoms with Crippen molar-refractivity contribution in [3.63, 3.8) is 0 Å². The molecule has 0 heterocycles. The minimum Gasteiger partial charge on any atom is -0.399 e. The van der Waals surface area contributed by atoms with Crippen LogP contribution in [0.4, 0.5) is 5.69 Å². The van der Waals surface area contributed by atoms with Crippen molar-refractivity contribution in [2.45, 2.75) is 4.90 Å². The van der Waals surface area contributed by atoms with Crippen LogP contribution in [0.25, 0.3) is 0 Å². The maximum Gasteiger partial charge on any atom is 0.139 e. The van der Waals surface area contributed by atoms with Crippen LogP contribution < -0.4 is 5.73 Å². The van der Waals surface area contributed by atoms with Crippen molar-refractivity contribution in [2.75, 3.05) is 26.9 Å². The first-order chi connectivity index (χ1) is 6.50. The minimum absolute atomic E-state index is 0.598. The van der Waals surface area contributed by atoms with Crippen molar-refractivity contribution >= 4 is 15.6 Å². The van der Waals surface area contributed by atoms with Gasteiger partial charge in [-0.15, -0.1) is 0 Å². The summed E-state index contributed by atoms with van der Waals surface area (Å²) in [5.74, 6) is 0. The molecule has 1 aromatic rings. The van der Waals surface area contributed by atoms with E-state index in [4.69, 9.17) is 5.73 Å². The topological polar surface area (TPSA) is 58.7 Å². The number of anilines is 1. The van der Waals surface area contributed by atoms with Crippen LogP contribution in [-0.2, 0) is 9.92 Å². The van der Waals surface area contributed by atoms with Gasteiger partial charge in [-0.1, -0.05) is 6.07 Å². The monoisotopic (exact) mass is 213 g/mol. The Kier molecular flexibility index (Phi) is 3.13. The van der Waals surface area contributed by atoms with E-state index in [1.165, 1.54) is 0 Å². The maximum atomic E-state index is 12.3. The fourth-order valence-corrected chi connectivity index (χ4v) is 2.66. The van der Waals surface area contributed by atoms with Gasteiger partial charge in [0.15, 0.2) is 0 Å². The molecule has 0 saturated carbocycles. The van der Waals surface area contributed by atoms with Gasteiger partial charge in [-0.25, -0.2) is 12.9 Å². The molecule has 0 aliphatic carbocycles. The van der Waals surface area contributed by atoms with Crippen LogP contribution >= 0.6 is 0 Å². The molecule has 0 bridgehead atoms. The lowest BCUT2D eigenvalue weighted by Gasteiger charge is -2.16. The van der Waals surface area contributed by atoms with E-state index in [9.17, 15) is 4.21 Å². The van der Waals surface area contributed by atoms with Crippen molar-refractivity contribution in [1.29, 1.82) is 0 Å². The minimum atomic E-state index is -2.47. The Morgan fingerprint density at radius 2 is 2.07 bits per heavy atom. The number of nitrogens with zero attached hydrogens (tertiary/aromatic N) is 2. The Bertz CT molecular complexity index is 433. The van der Waals surface area contributed by atoms with Gasteiger partial charge in [-0.2, -0.15) is 0 Å². The first kappa shape index (κ1) is 11.0. The molecule has 0 aromatic heterocycles. The van der Waals surface area contributed by atoms with Crippen LogP contribution in [0.3, 0.4) is 0 Å². The molecule has 1 unspecified atom stereocenters. The zero-order valence-corrected chi connectivity index (χ0v) is 9.41. The summed E-state index contributed by atoms with van der Waals surface area (Å²) in [5, 5.41) is 0. The first-order valence-electron chi connectivity index (χ1n) is 4.19. The van der Waals surface area contributed by atoms with Gasteiger partial charge in [0.25, 0.3) is 0 Å². The summed E-state index contributed by atoms with van der Waals surface area (Å²) in [7, 11) is 2.55. The summed E-state index contributed by atoms with van der Waals surface area (Å²) in [6.45, 7) is 0. The van der Waals surface area contributed by atoms with Gasteiger partial charge in [-0.05, 0) is 18.2 Å². The molecule has 0 radical (unpaired) electrons. The molecule has 1 aromatic carbocycles. The summed E-state index contributed by atoms with van der Waals surface area (Å²) in [6, 6.07) is 6.99. The van der Waals surface area contributed by atoms with Crippen LogP contribution in [-0.4, -0.2) is 29.7 Å². The van der Waals surface area contributed by atoms with E-state index < -0.39 is 9.92 Å². The second-order valence-corrected chi connectivity index (χ2v) is 5.62. The number of nitrogens with two attached hydrogens (primary N) is 1. The van der Waals surface area contributed by atoms with Crippen LogP contribution in [0.15, 0.2) is 33.5 Å². The predicted molar refractivity (Wildman–Crippen MR) is 59.3 cm³/mol. The predicted octanol–water partition coefficient (Wildman–Crippen LogP) is 1.20. The van der Waals surface area contributed by atoms with Crippen LogP contribution in [0.1, 0.15) is 0 Å². The fourth-order valence-electron chi connectivity index (χ4n) is 1.16. The van der Waals surface area contributed by atoms with E-state index >= 15 is 0 Å². The lowest BCUT2D eigenvalue weighted by molar-refractivity contribution is 0.591. The molecule has 2 N–H and O–H groups in total. The van der Waals surface area contributed by atoms with Crippen LogP contribution in [0.2, 0.25) is 0 Å². The molecule has 4 nitrogen and oxygen atoms in total. The lowest BCUT2D eigenvalue weighted by atomic mass is 10.3. The molecule has 0 aliphatic rings. The van der Waals surface area contributed by atoms with Gasteiger partial charge in [0, 0.05) is 26.8 Å². The smallest absolute Gasteiger partial charge is 0.139 e. The van der Waals surface area contributed by atoms with E-state index in [0.717, 1.165) is 0 Å². The zero-order chi connectivity index (χ0) is 10.8. The van der Waals surface area contributed by atoms with E-state index in [1.807, 2.05) is 0 Å². The highest BCUT2D eigenvalue weighted by molar-refractivity contribution is 7.91. The number of nitrogen functional groups attached to an aromatic ring is 1. The van der Waals surface area contributed by atoms with Gasteiger partial charge in [0.1, 0.15) is 9.92 Å². The second kappa shape index (κ2) is 3.98. The van der Waals surface area contributed by atoms with Crippen molar-refractivity contribution in [2.24, 2.45) is 4.36 Å². The Balaban J connectivity index is 3.36. The summed E-state index contributed by atoms with van der Waals surface area (Å²) in [4.78, 5) is 0.644. The molecule has 14 heavy (non-hydrogen) atoms. The molecule has 0 spiro atoms. The SMILES string of the molecule is CN=S(=O)(c1cccc(N)c1)N(C)C. The second-order valence-electron chi connectivity index (χ2n) is 3.06. The molecule has 5 heteroatoms. The van der Waals surface area contributed by atoms with Crippen molar-refractivity contribution < 1.29 is 4.21 Å². The van der Waals surface area contributed by atoms with E-state index in [2.05, 4.69) is 4.36 Å². The van der Waals surface area contributed by atoms with Gasteiger partial charge < -0.3 is 5.73 Å². The molecule has 0 aliphatic heterocycles. The van der Waals surface area contributed by atoms with Crippen molar-refractivity contribution in [3.05, 3.63) is 24.3 Å². The van der Waals surface area contributed by atoms with E-state index in [0.29, 0.717) is 10.6 Å². The normalized spacial score (nSPS) is 15.1. The first-order valence-corrected chi connectivity index (χ1v) is 5.66. The highest BCUT2D eigenvalue weighted by Crippen LogP contribution is 2.17.